The number of nitrogens with one attached hydrogen (secondary N) is 2. The molecule has 8 heteroatoms. The summed E-state index contributed by atoms with van der Waals surface area (Å²) in [7, 11) is 0.547. The summed E-state index contributed by atoms with van der Waals surface area (Å²) in [5.41, 5.74) is 2.96. The molecule has 1 fully saturated rings. The van der Waals surface area contributed by atoms with Gasteiger partial charge in [-0.2, -0.15) is 4.98 Å². The number of aromatic nitrogens is 2. The first-order chi connectivity index (χ1) is 19.4. The van der Waals surface area contributed by atoms with Crippen LogP contribution in [0.5, 0.6) is 0 Å². The van der Waals surface area contributed by atoms with Crippen LogP contribution in [0, 0.1) is 11.8 Å². The Morgan fingerprint density at radius 1 is 0.775 bits per heavy atom. The number of rotatable bonds is 11. The number of hydrogen-bond donors (Lipinski definition) is 2. The van der Waals surface area contributed by atoms with Gasteiger partial charge in [0.15, 0.2) is 0 Å². The van der Waals surface area contributed by atoms with Crippen LogP contribution in [0.2, 0.25) is 0 Å². The Labute approximate surface area is 238 Å². The first kappa shape index (κ1) is 28.1. The molecule has 2 N–H and O–H groups in total. The highest BCUT2D eigenvalue weighted by atomic mass is 32.2. The second kappa shape index (κ2) is 12.8. The summed E-state index contributed by atoms with van der Waals surface area (Å²) in [4.78, 5) is 11.5. The lowest BCUT2D eigenvalue weighted by Gasteiger charge is -2.29. The van der Waals surface area contributed by atoms with E-state index in [1.165, 1.54) is 0 Å². The first-order valence-corrected chi connectivity index (χ1v) is 15.8. The molecule has 1 aromatic heterocycles. The monoisotopic (exact) mass is 557 g/mol. The van der Waals surface area contributed by atoms with Gasteiger partial charge in [-0.1, -0.05) is 72.8 Å². The summed E-state index contributed by atoms with van der Waals surface area (Å²) in [5, 5.41) is 4.51. The van der Waals surface area contributed by atoms with Gasteiger partial charge in [0.2, 0.25) is 16.0 Å². The van der Waals surface area contributed by atoms with Gasteiger partial charge in [0.05, 0.1) is 11.3 Å². The van der Waals surface area contributed by atoms with Crippen LogP contribution in [-0.2, 0) is 10.0 Å². The van der Waals surface area contributed by atoms with E-state index < -0.39 is 10.0 Å². The summed E-state index contributed by atoms with van der Waals surface area (Å²) in [6.45, 7) is 1.32. The van der Waals surface area contributed by atoms with Crippen molar-refractivity contribution in [2.75, 3.05) is 43.2 Å². The fraction of sp³-hybridized carbons (Fsp3) is 0.375. The predicted octanol–water partition coefficient (Wildman–Crippen LogP) is 5.67. The summed E-state index contributed by atoms with van der Waals surface area (Å²) >= 11 is 0. The third-order valence-corrected chi connectivity index (χ3v) is 9.28. The van der Waals surface area contributed by atoms with Gasteiger partial charge in [-0.05, 0) is 60.8 Å². The van der Waals surface area contributed by atoms with Crippen LogP contribution >= 0.6 is 0 Å². The molecule has 1 heterocycles. The predicted molar refractivity (Wildman–Crippen MR) is 164 cm³/mol. The molecule has 0 bridgehead atoms. The highest BCUT2D eigenvalue weighted by Crippen LogP contribution is 2.30. The topological polar surface area (TPSA) is 87.2 Å². The van der Waals surface area contributed by atoms with Crippen molar-refractivity contribution in [3.63, 3.8) is 0 Å². The van der Waals surface area contributed by atoms with Crippen LogP contribution in [0.3, 0.4) is 0 Å². The number of hydrogen-bond acceptors (Lipinski definition) is 6. The van der Waals surface area contributed by atoms with Gasteiger partial charge in [-0.25, -0.2) is 18.1 Å². The van der Waals surface area contributed by atoms with Crippen LogP contribution in [0.15, 0.2) is 84.9 Å². The summed E-state index contributed by atoms with van der Waals surface area (Å²) in [6, 6.07) is 27.9. The van der Waals surface area contributed by atoms with Gasteiger partial charge >= 0.3 is 0 Å². The number of anilines is 2. The zero-order valence-electron chi connectivity index (χ0n) is 23.3. The molecule has 7 nitrogen and oxygen atoms in total. The number of sulfonamides is 1. The minimum Gasteiger partial charge on any atom is -0.362 e. The lowest BCUT2D eigenvalue weighted by atomic mass is 9.82. The Morgan fingerprint density at radius 3 is 1.93 bits per heavy atom. The van der Waals surface area contributed by atoms with E-state index >= 15 is 0 Å². The lowest BCUT2D eigenvalue weighted by Crippen LogP contribution is -2.35. The van der Waals surface area contributed by atoms with Gasteiger partial charge in [0.1, 0.15) is 5.82 Å². The van der Waals surface area contributed by atoms with E-state index in [4.69, 9.17) is 9.97 Å². The Kier molecular flexibility index (Phi) is 8.97. The van der Waals surface area contributed by atoms with Crippen molar-refractivity contribution in [3.8, 4) is 0 Å². The Bertz CT molecular complexity index is 1450. The van der Waals surface area contributed by atoms with Crippen molar-refractivity contribution < 1.29 is 8.42 Å². The van der Waals surface area contributed by atoms with E-state index in [2.05, 4.69) is 10.0 Å². The van der Waals surface area contributed by atoms with Crippen LogP contribution in [0.4, 0.5) is 11.8 Å². The maximum absolute atomic E-state index is 13.2. The summed E-state index contributed by atoms with van der Waals surface area (Å²) in [5.74, 6) is 2.28. The minimum atomic E-state index is -3.45. The van der Waals surface area contributed by atoms with E-state index in [0.29, 0.717) is 24.3 Å². The molecule has 1 aliphatic rings. The van der Waals surface area contributed by atoms with E-state index in [1.54, 1.807) is 0 Å². The molecule has 40 heavy (non-hydrogen) atoms. The maximum atomic E-state index is 13.2. The summed E-state index contributed by atoms with van der Waals surface area (Å²) < 4.78 is 29.3. The third-order valence-electron chi connectivity index (χ3n) is 7.90. The molecule has 0 unspecified atom stereocenters. The Hall–Kier alpha value is -3.49. The van der Waals surface area contributed by atoms with Crippen molar-refractivity contribution in [1.29, 1.82) is 0 Å². The molecule has 0 saturated heterocycles. The molecule has 0 atom stereocenters. The molecular formula is C32H39N5O2S. The second-order valence-electron chi connectivity index (χ2n) is 11.1. The molecule has 0 amide bonds. The number of benzene rings is 3. The van der Waals surface area contributed by atoms with Crippen LogP contribution in [0.25, 0.3) is 10.9 Å². The average Bonchev–Trinajstić information content (AvgIpc) is 2.99. The van der Waals surface area contributed by atoms with Gasteiger partial charge in [0.25, 0.3) is 0 Å². The zero-order valence-corrected chi connectivity index (χ0v) is 24.1. The highest BCUT2D eigenvalue weighted by molar-refractivity contribution is 7.89. The standard InChI is InChI=1S/C32H39N5O2S/c1-37(2)31-28-15-9-10-16-30(28)35-32(36-31)33-21-24-17-19-25(20-18-24)22-34-40(38,39)23-29(26-11-5-3-6-12-26)27-13-7-4-8-14-27/h3-16,24-25,29,34H,17-23H2,1-2H3,(H,33,35,36). The number of para-hydroxylation sites is 1. The number of nitrogens with zero attached hydrogens (tertiary/aromatic N) is 3. The van der Waals surface area contributed by atoms with Gasteiger partial charge in [0, 0.05) is 38.5 Å². The maximum Gasteiger partial charge on any atom is 0.225 e. The van der Waals surface area contributed by atoms with Gasteiger partial charge in [-0.15, -0.1) is 0 Å². The normalized spacial score (nSPS) is 17.7. The molecular weight excluding hydrogens is 518 g/mol. The molecule has 5 rings (SSSR count). The fourth-order valence-electron chi connectivity index (χ4n) is 5.63. The van der Waals surface area contributed by atoms with E-state index in [9.17, 15) is 8.42 Å². The molecule has 3 aromatic carbocycles. The van der Waals surface area contributed by atoms with E-state index in [-0.39, 0.29) is 11.7 Å². The number of fused-ring (bicyclic) bond motifs is 1. The SMILES string of the molecule is CN(C)c1nc(NCC2CCC(CNS(=O)(=O)CC(c3ccccc3)c3ccccc3)CC2)nc2ccccc12. The average molecular weight is 558 g/mol. The smallest absolute Gasteiger partial charge is 0.225 e. The third kappa shape index (κ3) is 7.17. The van der Waals surface area contributed by atoms with Crippen molar-refractivity contribution in [2.45, 2.75) is 31.6 Å². The Morgan fingerprint density at radius 2 is 1.32 bits per heavy atom. The fourth-order valence-corrected chi connectivity index (χ4v) is 7.07. The van der Waals surface area contributed by atoms with Crippen LogP contribution in [0.1, 0.15) is 42.7 Å². The van der Waals surface area contributed by atoms with Crippen molar-refractivity contribution >= 4 is 32.7 Å². The molecule has 0 aliphatic heterocycles. The van der Waals surface area contributed by atoms with Crippen molar-refractivity contribution in [3.05, 3.63) is 96.1 Å². The van der Waals surface area contributed by atoms with Crippen molar-refractivity contribution in [2.24, 2.45) is 11.8 Å². The van der Waals surface area contributed by atoms with Crippen LogP contribution in [-0.4, -0.2) is 51.3 Å². The molecule has 0 spiro atoms. The molecule has 1 saturated carbocycles. The molecule has 1 aliphatic carbocycles. The molecule has 4 aromatic rings. The van der Waals surface area contributed by atoms with E-state index in [1.807, 2.05) is 104 Å². The zero-order chi connectivity index (χ0) is 28.0. The quantitative estimate of drug-likeness (QED) is 0.247. The largest absolute Gasteiger partial charge is 0.362 e. The minimum absolute atomic E-state index is 0.0426. The first-order valence-electron chi connectivity index (χ1n) is 14.1. The van der Waals surface area contributed by atoms with E-state index in [0.717, 1.165) is 60.1 Å². The second-order valence-corrected chi connectivity index (χ2v) is 12.9. The van der Waals surface area contributed by atoms with Gasteiger partial charge < -0.3 is 10.2 Å². The molecule has 210 valence electrons. The lowest BCUT2D eigenvalue weighted by molar-refractivity contribution is 0.284. The van der Waals surface area contributed by atoms with Gasteiger partial charge in [-0.3, -0.25) is 0 Å². The highest BCUT2D eigenvalue weighted by Gasteiger charge is 2.26. The van der Waals surface area contributed by atoms with Crippen LogP contribution < -0.4 is 14.9 Å². The molecule has 0 radical (unpaired) electrons. The summed E-state index contributed by atoms with van der Waals surface area (Å²) in [6.07, 6.45) is 4.14. The Balaban J connectivity index is 1.13. The van der Waals surface area contributed by atoms with Crippen molar-refractivity contribution in [1.82, 2.24) is 14.7 Å².